The van der Waals surface area contributed by atoms with E-state index in [1.165, 1.54) is 17.8 Å². The van der Waals surface area contributed by atoms with Gasteiger partial charge in [0.25, 0.3) is 0 Å². The largest absolute Gasteiger partial charge is 0.368 e. The lowest BCUT2D eigenvalue weighted by Crippen LogP contribution is -2.40. The van der Waals surface area contributed by atoms with Gasteiger partial charge >= 0.3 is 9.24 Å². The highest BCUT2D eigenvalue weighted by Gasteiger charge is 2.29. The van der Waals surface area contributed by atoms with Gasteiger partial charge in [0.15, 0.2) is 0 Å². The maximum absolute atomic E-state index is 11.2. The summed E-state index contributed by atoms with van der Waals surface area (Å²) < 4.78 is 28.6. The van der Waals surface area contributed by atoms with Gasteiger partial charge in [-0.3, -0.25) is 0 Å². The summed E-state index contributed by atoms with van der Waals surface area (Å²) in [7, 11) is 3.15. The molecule has 14 heavy (non-hydrogen) atoms. The van der Waals surface area contributed by atoms with Crippen molar-refractivity contribution in [3.8, 4) is 0 Å². The van der Waals surface area contributed by atoms with Crippen molar-refractivity contribution in [2.24, 2.45) is 0 Å². The molecule has 6 heteroatoms. The Kier molecular flexibility index (Phi) is 4.63. The molecule has 0 unspecified atom stereocenters. The molecule has 0 spiro atoms. The van der Waals surface area contributed by atoms with E-state index in [0.717, 1.165) is 25.7 Å². The third kappa shape index (κ3) is 3.38. The molecule has 0 aromatic heterocycles. The fourth-order valence-electron chi connectivity index (χ4n) is 1.84. The van der Waals surface area contributed by atoms with Crippen LogP contribution in [0.15, 0.2) is 0 Å². The van der Waals surface area contributed by atoms with Crippen LogP contribution < -0.4 is 0 Å². The van der Waals surface area contributed by atoms with E-state index < -0.39 is 9.24 Å². The Hall–Kier alpha value is 0.160. The molecule has 0 aliphatic heterocycles. The molecular formula is C8H16ClNO3S. The first-order valence-corrected chi connectivity index (χ1v) is 7.02. The van der Waals surface area contributed by atoms with E-state index in [-0.39, 0.29) is 12.8 Å². The van der Waals surface area contributed by atoms with Crippen LogP contribution in [-0.2, 0) is 14.0 Å². The van der Waals surface area contributed by atoms with E-state index in [1.807, 2.05) is 0 Å². The van der Waals surface area contributed by atoms with Crippen LogP contribution >= 0.6 is 10.7 Å². The van der Waals surface area contributed by atoms with Gasteiger partial charge in [-0.2, -0.15) is 12.7 Å². The zero-order valence-electron chi connectivity index (χ0n) is 8.28. The van der Waals surface area contributed by atoms with Crippen molar-refractivity contribution in [3.63, 3.8) is 0 Å². The van der Waals surface area contributed by atoms with Gasteiger partial charge in [0.2, 0.25) is 0 Å². The molecule has 0 amide bonds. The van der Waals surface area contributed by atoms with Gasteiger partial charge in [-0.25, -0.2) is 0 Å². The standard InChI is InChI=1S/C8H16ClNO3S/c1-13-7-10(14(9,11)12)8-5-3-2-4-6-8/h8H,2-7H2,1H3. The van der Waals surface area contributed by atoms with Crippen LogP contribution in [0.2, 0.25) is 0 Å². The summed E-state index contributed by atoms with van der Waals surface area (Å²) in [6.45, 7) is 0.0521. The van der Waals surface area contributed by atoms with Crippen LogP contribution in [0.1, 0.15) is 32.1 Å². The SMILES string of the molecule is COCN(C1CCCCC1)S(=O)(=O)Cl. The van der Waals surface area contributed by atoms with Crippen LogP contribution in [0, 0.1) is 0 Å². The van der Waals surface area contributed by atoms with Crippen molar-refractivity contribution in [1.82, 2.24) is 4.31 Å². The molecule has 1 rings (SSSR count). The molecule has 84 valence electrons. The summed E-state index contributed by atoms with van der Waals surface area (Å²) in [4.78, 5) is 0. The van der Waals surface area contributed by atoms with Crippen LogP contribution in [0.3, 0.4) is 0 Å². The molecule has 1 fully saturated rings. The summed E-state index contributed by atoms with van der Waals surface area (Å²) in [5.74, 6) is 0. The number of nitrogens with zero attached hydrogens (tertiary/aromatic N) is 1. The average Bonchev–Trinajstić information content (AvgIpc) is 2.14. The molecule has 0 aromatic carbocycles. The maximum Gasteiger partial charge on any atom is 0.302 e. The Labute approximate surface area is 89.7 Å². The summed E-state index contributed by atoms with van der Waals surface area (Å²) >= 11 is 0. The second-order valence-electron chi connectivity index (χ2n) is 3.54. The zero-order valence-corrected chi connectivity index (χ0v) is 9.85. The third-order valence-electron chi connectivity index (χ3n) is 2.52. The molecule has 0 bridgehead atoms. The van der Waals surface area contributed by atoms with Crippen molar-refractivity contribution in [3.05, 3.63) is 0 Å². The third-order valence-corrected chi connectivity index (χ3v) is 4.01. The van der Waals surface area contributed by atoms with E-state index in [0.29, 0.717) is 0 Å². The van der Waals surface area contributed by atoms with Crippen molar-refractivity contribution >= 4 is 19.9 Å². The summed E-state index contributed by atoms with van der Waals surface area (Å²) in [6.07, 6.45) is 5.08. The molecule has 1 saturated carbocycles. The summed E-state index contributed by atoms with van der Waals surface area (Å²) in [6, 6.07) is 0.0196. The minimum Gasteiger partial charge on any atom is -0.368 e. The highest BCUT2D eigenvalue weighted by Crippen LogP contribution is 2.25. The van der Waals surface area contributed by atoms with Crippen molar-refractivity contribution < 1.29 is 13.2 Å². The number of hydrogen-bond acceptors (Lipinski definition) is 3. The summed E-state index contributed by atoms with van der Waals surface area (Å²) in [5.41, 5.74) is 0. The van der Waals surface area contributed by atoms with Crippen LogP contribution in [-0.4, -0.2) is 32.6 Å². The van der Waals surface area contributed by atoms with Crippen LogP contribution in [0.25, 0.3) is 0 Å². The van der Waals surface area contributed by atoms with E-state index in [9.17, 15) is 8.42 Å². The van der Waals surface area contributed by atoms with Gasteiger partial charge in [-0.05, 0) is 12.8 Å². The van der Waals surface area contributed by atoms with E-state index in [1.54, 1.807) is 0 Å². The average molecular weight is 242 g/mol. The lowest BCUT2D eigenvalue weighted by molar-refractivity contribution is 0.0836. The van der Waals surface area contributed by atoms with Crippen molar-refractivity contribution in [2.75, 3.05) is 13.8 Å². The molecule has 0 heterocycles. The summed E-state index contributed by atoms with van der Waals surface area (Å²) in [5, 5.41) is 0. The highest BCUT2D eigenvalue weighted by atomic mass is 35.7. The van der Waals surface area contributed by atoms with Gasteiger partial charge in [0, 0.05) is 23.8 Å². The predicted molar refractivity (Wildman–Crippen MR) is 55.4 cm³/mol. The lowest BCUT2D eigenvalue weighted by atomic mass is 9.96. The zero-order chi connectivity index (χ0) is 10.6. The highest BCUT2D eigenvalue weighted by molar-refractivity contribution is 8.11. The monoisotopic (exact) mass is 241 g/mol. The number of rotatable bonds is 4. The Balaban J connectivity index is 2.66. The maximum atomic E-state index is 11.2. The van der Waals surface area contributed by atoms with E-state index in [2.05, 4.69) is 0 Å². The molecule has 0 N–H and O–H groups in total. The fourth-order valence-corrected chi connectivity index (χ4v) is 3.10. The molecule has 1 aliphatic rings. The second-order valence-corrected chi connectivity index (χ2v) is 6.00. The second kappa shape index (κ2) is 5.30. The predicted octanol–water partition coefficient (Wildman–Crippen LogP) is 1.71. The van der Waals surface area contributed by atoms with Gasteiger partial charge in [0.05, 0.1) is 0 Å². The Bertz CT molecular complexity index is 262. The molecule has 0 atom stereocenters. The molecule has 1 aliphatic carbocycles. The quantitative estimate of drug-likeness (QED) is 0.556. The Morgan fingerprint density at radius 3 is 2.36 bits per heavy atom. The number of hydrogen-bond donors (Lipinski definition) is 0. The minimum absolute atomic E-state index is 0.0196. The van der Waals surface area contributed by atoms with E-state index >= 15 is 0 Å². The van der Waals surface area contributed by atoms with Crippen LogP contribution in [0.4, 0.5) is 0 Å². The molecule has 4 nitrogen and oxygen atoms in total. The van der Waals surface area contributed by atoms with Gasteiger partial charge < -0.3 is 4.74 Å². The topological polar surface area (TPSA) is 46.6 Å². The smallest absolute Gasteiger partial charge is 0.302 e. The first-order chi connectivity index (χ1) is 6.55. The molecule has 0 radical (unpaired) electrons. The lowest BCUT2D eigenvalue weighted by Gasteiger charge is -2.30. The van der Waals surface area contributed by atoms with Gasteiger partial charge in [0.1, 0.15) is 6.73 Å². The van der Waals surface area contributed by atoms with Crippen molar-refractivity contribution in [1.29, 1.82) is 0 Å². The number of halogens is 1. The number of ether oxygens (including phenoxy) is 1. The van der Waals surface area contributed by atoms with Crippen molar-refractivity contribution in [2.45, 2.75) is 38.1 Å². The molecular weight excluding hydrogens is 226 g/mol. The fraction of sp³-hybridized carbons (Fsp3) is 1.00. The number of methoxy groups -OCH3 is 1. The van der Waals surface area contributed by atoms with E-state index in [4.69, 9.17) is 15.4 Å². The Morgan fingerprint density at radius 2 is 1.93 bits per heavy atom. The first kappa shape index (κ1) is 12.2. The van der Waals surface area contributed by atoms with Gasteiger partial charge in [-0.1, -0.05) is 19.3 Å². The van der Waals surface area contributed by atoms with Crippen LogP contribution in [0.5, 0.6) is 0 Å². The minimum atomic E-state index is -3.65. The Morgan fingerprint density at radius 1 is 1.36 bits per heavy atom. The molecule has 0 aromatic rings. The first-order valence-electron chi connectivity index (χ1n) is 4.76. The van der Waals surface area contributed by atoms with Gasteiger partial charge in [-0.15, -0.1) is 0 Å². The molecule has 0 saturated heterocycles. The normalized spacial score (nSPS) is 20.2.